The predicted molar refractivity (Wildman–Crippen MR) is 139 cm³/mol. The third-order valence-corrected chi connectivity index (χ3v) is 7.07. The van der Waals surface area contributed by atoms with Gasteiger partial charge in [0.25, 0.3) is 11.8 Å². The molecule has 2 aliphatic rings. The third kappa shape index (κ3) is 5.38. The number of nitrogens with one attached hydrogen (secondary N) is 1. The van der Waals surface area contributed by atoms with Crippen LogP contribution < -0.4 is 10.2 Å². The molecular formula is C29H32N4O2. The van der Waals surface area contributed by atoms with E-state index in [1.54, 1.807) is 0 Å². The summed E-state index contributed by atoms with van der Waals surface area (Å²) in [6, 6.07) is 24.0. The molecule has 0 atom stereocenters. The molecule has 2 amide bonds. The summed E-state index contributed by atoms with van der Waals surface area (Å²) < 4.78 is 0. The van der Waals surface area contributed by atoms with Gasteiger partial charge in [-0.25, -0.2) is 0 Å². The van der Waals surface area contributed by atoms with E-state index >= 15 is 0 Å². The van der Waals surface area contributed by atoms with Crippen molar-refractivity contribution in [1.82, 2.24) is 15.1 Å². The molecule has 6 nitrogen and oxygen atoms in total. The molecule has 0 bridgehead atoms. The summed E-state index contributed by atoms with van der Waals surface area (Å²) in [5, 5.41) is 2.99. The third-order valence-electron chi connectivity index (χ3n) is 7.07. The molecule has 0 saturated carbocycles. The summed E-state index contributed by atoms with van der Waals surface area (Å²) in [6.45, 7) is 5.64. The number of hydrogen-bond donors (Lipinski definition) is 1. The number of hydrogen-bond acceptors (Lipinski definition) is 4. The molecule has 1 fully saturated rings. The lowest BCUT2D eigenvalue weighted by molar-refractivity contribution is 0.0664. The van der Waals surface area contributed by atoms with Crippen molar-refractivity contribution in [2.24, 2.45) is 0 Å². The summed E-state index contributed by atoms with van der Waals surface area (Å²) in [5.74, 6) is -0.0240. The Morgan fingerprint density at radius 1 is 0.771 bits per heavy atom. The first-order valence-electron chi connectivity index (χ1n) is 12.3. The van der Waals surface area contributed by atoms with Gasteiger partial charge in [0.2, 0.25) is 0 Å². The van der Waals surface area contributed by atoms with Gasteiger partial charge < -0.3 is 20.0 Å². The molecule has 0 radical (unpaired) electrons. The van der Waals surface area contributed by atoms with Gasteiger partial charge in [0.15, 0.2) is 0 Å². The fraction of sp³-hybridized carbons (Fsp3) is 0.310. The van der Waals surface area contributed by atoms with Crippen molar-refractivity contribution < 1.29 is 9.59 Å². The Labute approximate surface area is 207 Å². The van der Waals surface area contributed by atoms with Crippen molar-refractivity contribution in [3.05, 3.63) is 101 Å². The van der Waals surface area contributed by atoms with Crippen LogP contribution in [0.15, 0.2) is 72.8 Å². The van der Waals surface area contributed by atoms with E-state index in [4.69, 9.17) is 0 Å². The molecule has 35 heavy (non-hydrogen) atoms. The van der Waals surface area contributed by atoms with Gasteiger partial charge in [0.1, 0.15) is 0 Å². The monoisotopic (exact) mass is 468 g/mol. The van der Waals surface area contributed by atoms with Crippen molar-refractivity contribution in [3.63, 3.8) is 0 Å². The predicted octanol–water partition coefficient (Wildman–Crippen LogP) is 3.57. The van der Waals surface area contributed by atoms with Gasteiger partial charge in [-0.15, -0.1) is 0 Å². The van der Waals surface area contributed by atoms with Crippen molar-refractivity contribution >= 4 is 17.5 Å². The SMILES string of the molecule is CN1CCN(C(=O)c2ccc(CNC(=O)c3ccc(N4CCc5ccccc5C4)cc3)cc2)CC1. The summed E-state index contributed by atoms with van der Waals surface area (Å²) in [4.78, 5) is 31.9. The minimum absolute atomic E-state index is 0.0750. The standard InChI is InChI=1S/C29H32N4O2/c1-31-16-18-32(19-17-31)29(35)25-8-6-22(7-9-25)20-30-28(34)24-10-12-27(13-11-24)33-15-14-23-4-2-3-5-26(23)21-33/h2-13H,14-21H2,1H3,(H,30,34). The second kappa shape index (κ2) is 10.3. The van der Waals surface area contributed by atoms with Gasteiger partial charge in [0.05, 0.1) is 0 Å². The number of rotatable bonds is 5. The Bertz CT molecular complexity index is 1180. The Hall–Kier alpha value is -3.64. The number of carbonyl (C=O) groups excluding carboxylic acids is 2. The number of nitrogens with zero attached hydrogens (tertiary/aromatic N) is 3. The lowest BCUT2D eigenvalue weighted by Gasteiger charge is -2.32. The highest BCUT2D eigenvalue weighted by Gasteiger charge is 2.20. The Kier molecular flexibility index (Phi) is 6.82. The van der Waals surface area contributed by atoms with Gasteiger partial charge >= 0.3 is 0 Å². The van der Waals surface area contributed by atoms with Crippen LogP contribution in [0.4, 0.5) is 5.69 Å². The van der Waals surface area contributed by atoms with Gasteiger partial charge in [0, 0.05) is 62.6 Å². The van der Waals surface area contributed by atoms with E-state index in [0.717, 1.165) is 56.9 Å². The molecule has 1 saturated heterocycles. The first kappa shape index (κ1) is 23.1. The van der Waals surface area contributed by atoms with E-state index in [0.29, 0.717) is 17.7 Å². The summed E-state index contributed by atoms with van der Waals surface area (Å²) in [6.07, 6.45) is 1.04. The average Bonchev–Trinajstić information content (AvgIpc) is 2.92. The zero-order valence-corrected chi connectivity index (χ0v) is 20.2. The Morgan fingerprint density at radius 2 is 1.43 bits per heavy atom. The number of anilines is 1. The molecule has 1 N–H and O–H groups in total. The van der Waals surface area contributed by atoms with E-state index in [1.165, 1.54) is 11.1 Å². The highest BCUT2D eigenvalue weighted by molar-refractivity contribution is 5.95. The van der Waals surface area contributed by atoms with Crippen molar-refractivity contribution in [3.8, 4) is 0 Å². The highest BCUT2D eigenvalue weighted by Crippen LogP contribution is 2.24. The summed E-state index contributed by atoms with van der Waals surface area (Å²) in [5.41, 5.74) is 6.25. The van der Waals surface area contributed by atoms with Crippen LogP contribution in [-0.2, 0) is 19.5 Å². The zero-order valence-electron chi connectivity index (χ0n) is 20.2. The normalized spacial score (nSPS) is 16.0. The number of piperazine rings is 1. The lowest BCUT2D eigenvalue weighted by atomic mass is 9.99. The van der Waals surface area contributed by atoms with E-state index in [2.05, 4.69) is 46.4 Å². The topological polar surface area (TPSA) is 55.9 Å². The van der Waals surface area contributed by atoms with Crippen LogP contribution in [0.2, 0.25) is 0 Å². The number of amides is 2. The Balaban J connectivity index is 1.14. The number of likely N-dealkylation sites (N-methyl/N-ethyl adjacent to an activating group) is 1. The average molecular weight is 469 g/mol. The fourth-order valence-corrected chi connectivity index (χ4v) is 4.78. The molecule has 2 aliphatic heterocycles. The zero-order chi connectivity index (χ0) is 24.2. The van der Waals surface area contributed by atoms with Crippen molar-refractivity contribution in [1.29, 1.82) is 0 Å². The maximum atomic E-state index is 12.7. The number of fused-ring (bicyclic) bond motifs is 1. The van der Waals surface area contributed by atoms with Crippen molar-refractivity contribution in [2.75, 3.05) is 44.7 Å². The molecular weight excluding hydrogens is 436 g/mol. The molecule has 5 rings (SSSR count). The van der Waals surface area contributed by atoms with E-state index in [9.17, 15) is 9.59 Å². The molecule has 3 aromatic carbocycles. The second-order valence-electron chi connectivity index (χ2n) is 9.46. The molecule has 2 heterocycles. The fourth-order valence-electron chi connectivity index (χ4n) is 4.78. The molecule has 0 aliphatic carbocycles. The minimum atomic E-state index is -0.0990. The van der Waals surface area contributed by atoms with Gasteiger partial charge in [-0.1, -0.05) is 36.4 Å². The molecule has 3 aromatic rings. The Morgan fingerprint density at radius 3 is 2.14 bits per heavy atom. The van der Waals surface area contributed by atoms with Gasteiger partial charge in [-0.3, -0.25) is 9.59 Å². The van der Waals surface area contributed by atoms with E-state index < -0.39 is 0 Å². The van der Waals surface area contributed by atoms with E-state index in [-0.39, 0.29) is 11.8 Å². The summed E-state index contributed by atoms with van der Waals surface area (Å²) >= 11 is 0. The van der Waals surface area contributed by atoms with Crippen LogP contribution in [0.3, 0.4) is 0 Å². The molecule has 180 valence electrons. The van der Waals surface area contributed by atoms with E-state index in [1.807, 2.05) is 53.4 Å². The van der Waals surface area contributed by atoms with Crippen molar-refractivity contribution in [2.45, 2.75) is 19.5 Å². The largest absolute Gasteiger partial charge is 0.367 e. The van der Waals surface area contributed by atoms with Gasteiger partial charge in [-0.05, 0) is 66.6 Å². The molecule has 0 unspecified atom stereocenters. The molecule has 6 heteroatoms. The molecule has 0 spiro atoms. The first-order valence-corrected chi connectivity index (χ1v) is 12.3. The van der Waals surface area contributed by atoms with Crippen LogP contribution in [0, 0.1) is 0 Å². The second-order valence-corrected chi connectivity index (χ2v) is 9.46. The van der Waals surface area contributed by atoms with Gasteiger partial charge in [-0.2, -0.15) is 0 Å². The maximum Gasteiger partial charge on any atom is 0.253 e. The van der Waals surface area contributed by atoms with Crippen LogP contribution in [-0.4, -0.2) is 61.4 Å². The molecule has 0 aromatic heterocycles. The maximum absolute atomic E-state index is 12.7. The quantitative estimate of drug-likeness (QED) is 0.622. The first-order chi connectivity index (χ1) is 17.1. The van der Waals surface area contributed by atoms with Crippen LogP contribution >= 0.6 is 0 Å². The minimum Gasteiger partial charge on any atom is -0.367 e. The smallest absolute Gasteiger partial charge is 0.253 e. The van der Waals surface area contributed by atoms with Crippen LogP contribution in [0.1, 0.15) is 37.4 Å². The number of benzene rings is 3. The van der Waals surface area contributed by atoms with Crippen LogP contribution in [0.5, 0.6) is 0 Å². The highest BCUT2D eigenvalue weighted by atomic mass is 16.2. The van der Waals surface area contributed by atoms with Crippen LogP contribution in [0.25, 0.3) is 0 Å². The summed E-state index contributed by atoms with van der Waals surface area (Å²) in [7, 11) is 2.08. The number of carbonyl (C=O) groups is 2. The lowest BCUT2D eigenvalue weighted by Crippen LogP contribution is -2.47.